The number of benzene rings is 4. The quantitative estimate of drug-likeness (QED) is 0.108. The van der Waals surface area contributed by atoms with Crippen molar-refractivity contribution < 1.29 is 74.4 Å². The number of alkyl halides is 3. The zero-order chi connectivity index (χ0) is 34.0. The number of fused-ring (bicyclic) bond motifs is 2. The van der Waals surface area contributed by atoms with Gasteiger partial charge >= 0.3 is 36.0 Å². The lowest BCUT2D eigenvalue weighted by atomic mass is 9.73. The lowest BCUT2D eigenvalue weighted by Gasteiger charge is -2.34. The van der Waals surface area contributed by atoms with E-state index in [0.717, 1.165) is 36.4 Å². The molecule has 0 saturated carbocycles. The van der Waals surface area contributed by atoms with E-state index < -0.39 is 104 Å². The Kier molecular flexibility index (Phi) is 7.03. The van der Waals surface area contributed by atoms with Gasteiger partial charge in [0, 0.05) is 5.56 Å². The van der Waals surface area contributed by atoms with Crippen molar-refractivity contribution in [2.24, 2.45) is 0 Å². The lowest BCUT2D eigenvalue weighted by Crippen LogP contribution is -2.52. The van der Waals surface area contributed by atoms with Crippen LogP contribution in [0.1, 0.15) is 52.6 Å². The Balaban J connectivity index is 1.73. The molecule has 1 atom stereocenters. The van der Waals surface area contributed by atoms with Crippen LogP contribution in [0.25, 0.3) is 0 Å². The topological polar surface area (TPSA) is 142 Å². The van der Waals surface area contributed by atoms with E-state index >= 15 is 26.3 Å². The highest BCUT2D eigenvalue weighted by atomic mass is 19.4. The van der Waals surface area contributed by atoms with E-state index in [4.69, 9.17) is 14.2 Å². The van der Waals surface area contributed by atoms with E-state index in [1.54, 1.807) is 0 Å². The van der Waals surface area contributed by atoms with Gasteiger partial charge in [-0.25, -0.2) is 32.8 Å². The number of hydrogen-bond acceptors (Lipinski definition) is 9. The van der Waals surface area contributed by atoms with Crippen molar-refractivity contribution in [3.63, 3.8) is 0 Å². The summed E-state index contributed by atoms with van der Waals surface area (Å²) in [5, 5.41) is 9.69. The average molecular weight is 658 g/mol. The summed E-state index contributed by atoms with van der Waals surface area (Å²) in [7, 11) is 0. The summed E-state index contributed by atoms with van der Waals surface area (Å²) in [5.41, 5.74) is -11.1. The molecule has 4 aromatic rings. The monoisotopic (exact) mass is 658 g/mol. The van der Waals surface area contributed by atoms with Gasteiger partial charge in [0.05, 0.1) is 22.3 Å². The highest BCUT2D eigenvalue weighted by Crippen LogP contribution is 2.50. The van der Waals surface area contributed by atoms with Crippen molar-refractivity contribution in [1.29, 1.82) is 0 Å². The molecule has 1 unspecified atom stereocenters. The van der Waals surface area contributed by atoms with Crippen LogP contribution in [-0.4, -0.2) is 41.1 Å². The molecule has 0 fully saturated rings. The zero-order valence-corrected chi connectivity index (χ0v) is 22.7. The average Bonchev–Trinajstić information content (AvgIpc) is 3.02. The van der Waals surface area contributed by atoms with E-state index in [9.17, 15) is 29.1 Å². The highest BCUT2D eigenvalue weighted by molar-refractivity contribution is 6.12. The fourth-order valence-electron chi connectivity index (χ4n) is 5.07. The Morgan fingerprint density at radius 2 is 1.21 bits per heavy atom. The Hall–Kier alpha value is -6.19. The van der Waals surface area contributed by atoms with E-state index in [0.29, 0.717) is 24.3 Å². The third-order valence-electron chi connectivity index (χ3n) is 7.24. The van der Waals surface area contributed by atoms with Gasteiger partial charge in [-0.1, -0.05) is 12.1 Å². The van der Waals surface area contributed by atoms with Crippen molar-refractivity contribution in [2.75, 3.05) is 0 Å². The number of carbonyl (C=O) groups excluding carboxylic acids is 4. The van der Waals surface area contributed by atoms with Gasteiger partial charge in [-0.3, -0.25) is 0 Å². The molecule has 4 aromatic carbocycles. The van der Waals surface area contributed by atoms with E-state index in [1.807, 2.05) is 0 Å². The molecular formula is C31H12F6O10. The van der Waals surface area contributed by atoms with Crippen LogP contribution in [0.5, 0.6) is 23.0 Å². The number of aromatic carboxylic acids is 1. The normalized spacial score (nSPS) is 17.4. The number of carboxylic acids is 1. The molecular weight excluding hydrogens is 646 g/mol. The first kappa shape index (κ1) is 30.8. The minimum atomic E-state index is -5.99. The maximum Gasteiger partial charge on any atom is 0.413 e. The molecule has 7 aliphatic heterocycles. The standard InChI is InChI=1S/C31H12F6O10/c32-21-11-20-22(33)23(34)24(21)45-15-6-8-17-19(10-15)28(42)46-26(40)16-7-5-14(9-18(16)25(38)39)44-13-3-1-12(2-4-13)30(20,31(35,36)37)29(43)47-27(17)41/h1-11H,(H,38,39). The fraction of sp³-hybridized carbons (Fsp3) is 0.0645. The summed E-state index contributed by atoms with van der Waals surface area (Å²) in [4.78, 5) is 64.9. The third-order valence-corrected chi connectivity index (χ3v) is 7.24. The molecule has 10 bridgehead atoms. The molecule has 0 spiro atoms. The summed E-state index contributed by atoms with van der Waals surface area (Å²) in [6.07, 6.45) is -5.99. The van der Waals surface area contributed by atoms with Crippen molar-refractivity contribution >= 4 is 29.8 Å². The van der Waals surface area contributed by atoms with Gasteiger partial charge in [-0.2, -0.15) is 17.6 Å². The summed E-state index contributed by atoms with van der Waals surface area (Å²) < 4.78 is 112. The first-order valence-corrected chi connectivity index (χ1v) is 12.9. The maximum atomic E-state index is 15.7. The molecule has 16 heteroatoms. The molecule has 0 radical (unpaired) electrons. The Bertz CT molecular complexity index is 2070. The second-order valence-corrected chi connectivity index (χ2v) is 9.91. The molecule has 0 aliphatic carbocycles. The van der Waals surface area contributed by atoms with Crippen LogP contribution in [-0.2, 0) is 19.7 Å². The first-order chi connectivity index (χ1) is 22.1. The first-order valence-electron chi connectivity index (χ1n) is 12.9. The second kappa shape index (κ2) is 10.7. The number of esters is 4. The molecule has 0 aromatic heterocycles. The van der Waals surface area contributed by atoms with Gasteiger partial charge in [0.25, 0.3) is 0 Å². The van der Waals surface area contributed by atoms with E-state index in [1.165, 1.54) is 0 Å². The Morgan fingerprint density at radius 3 is 1.85 bits per heavy atom. The number of ether oxygens (including phenoxy) is 4. The minimum Gasteiger partial charge on any atom is -0.478 e. The Labute approximate surface area is 256 Å². The van der Waals surface area contributed by atoms with E-state index in [-0.39, 0.29) is 17.6 Å². The predicted octanol–water partition coefficient (Wildman–Crippen LogP) is 6.24. The SMILES string of the molecule is O=C(O)c1cc2ccc1C(=O)OC(=O)c1cc3ccc1C(=O)OC(=O)C(C(F)(F)F)(c1ccc(cc1)O2)c1cc(F)c(c(F)c1F)O3. The van der Waals surface area contributed by atoms with Crippen LogP contribution in [0.2, 0.25) is 0 Å². The van der Waals surface area contributed by atoms with Crippen LogP contribution >= 0.6 is 0 Å². The fourth-order valence-corrected chi connectivity index (χ4v) is 5.07. The smallest absolute Gasteiger partial charge is 0.413 e. The predicted molar refractivity (Wildman–Crippen MR) is 140 cm³/mol. The summed E-state index contributed by atoms with van der Waals surface area (Å²) in [6, 6.07) is 7.26. The number of carbonyl (C=O) groups is 5. The Morgan fingerprint density at radius 1 is 0.638 bits per heavy atom. The molecule has 1 N–H and O–H groups in total. The number of hydrogen-bond donors (Lipinski definition) is 1. The maximum absolute atomic E-state index is 15.7. The van der Waals surface area contributed by atoms with Crippen molar-refractivity contribution in [2.45, 2.75) is 11.6 Å². The second-order valence-electron chi connectivity index (χ2n) is 9.91. The number of halogens is 6. The van der Waals surface area contributed by atoms with Crippen molar-refractivity contribution in [1.82, 2.24) is 0 Å². The molecule has 10 nitrogen and oxygen atoms in total. The number of rotatable bonds is 1. The minimum absolute atomic E-state index is 0.159. The molecule has 47 heavy (non-hydrogen) atoms. The lowest BCUT2D eigenvalue weighted by molar-refractivity contribution is -0.197. The molecule has 7 heterocycles. The van der Waals surface area contributed by atoms with Crippen LogP contribution in [0.4, 0.5) is 26.3 Å². The summed E-state index contributed by atoms with van der Waals surface area (Å²) in [6.45, 7) is 0. The van der Waals surface area contributed by atoms with Gasteiger partial charge in [-0.15, -0.1) is 0 Å². The van der Waals surface area contributed by atoms with E-state index in [2.05, 4.69) is 4.74 Å². The van der Waals surface area contributed by atoms with Crippen LogP contribution in [0.15, 0.2) is 66.7 Å². The largest absolute Gasteiger partial charge is 0.478 e. The molecule has 11 rings (SSSR count). The molecule has 0 amide bonds. The van der Waals surface area contributed by atoms with Gasteiger partial charge in [-0.05, 0) is 60.2 Å². The number of carboxylic acid groups (broad SMARTS) is 1. The van der Waals surface area contributed by atoms with Gasteiger partial charge in [0.15, 0.2) is 11.6 Å². The van der Waals surface area contributed by atoms with Gasteiger partial charge in [0.2, 0.25) is 17.0 Å². The van der Waals surface area contributed by atoms with Gasteiger partial charge < -0.3 is 24.1 Å². The molecule has 0 saturated heterocycles. The van der Waals surface area contributed by atoms with Crippen LogP contribution in [0.3, 0.4) is 0 Å². The van der Waals surface area contributed by atoms with Crippen molar-refractivity contribution in [3.8, 4) is 23.0 Å². The van der Waals surface area contributed by atoms with Crippen LogP contribution in [0, 0.1) is 17.5 Å². The third kappa shape index (κ3) is 4.81. The van der Waals surface area contributed by atoms with Gasteiger partial charge in [0.1, 0.15) is 17.2 Å². The van der Waals surface area contributed by atoms with Crippen LogP contribution < -0.4 is 9.47 Å². The highest BCUT2D eigenvalue weighted by Gasteiger charge is 2.66. The molecule has 7 aliphatic rings. The molecule has 238 valence electrons. The summed E-state index contributed by atoms with van der Waals surface area (Å²) in [5.74, 6) is -19.2. The van der Waals surface area contributed by atoms with Crippen molar-refractivity contribution in [3.05, 3.63) is 118 Å². The zero-order valence-electron chi connectivity index (χ0n) is 22.7. The summed E-state index contributed by atoms with van der Waals surface area (Å²) >= 11 is 0.